The van der Waals surface area contributed by atoms with Gasteiger partial charge in [-0.25, -0.2) is 0 Å². The number of rotatable bonds is 45. The number of carbonyl (C=O) groups excluding carboxylic acids is 3. The average Bonchev–Trinajstić information content (AvgIpc) is 3.24. The highest BCUT2D eigenvalue weighted by atomic mass is 16.6. The Bertz CT molecular complexity index is 1100. The van der Waals surface area contributed by atoms with Crippen LogP contribution in [0.15, 0.2) is 60.8 Å². The quantitative estimate of drug-likeness (QED) is 0.0200. The molecule has 0 spiro atoms. The van der Waals surface area contributed by atoms with Crippen molar-refractivity contribution < 1.29 is 28.6 Å². The van der Waals surface area contributed by atoms with Gasteiger partial charge in [0.25, 0.3) is 0 Å². The van der Waals surface area contributed by atoms with Crippen LogP contribution in [0.5, 0.6) is 0 Å². The number of esters is 3. The summed E-state index contributed by atoms with van der Waals surface area (Å²) in [7, 11) is 0. The van der Waals surface area contributed by atoms with Crippen LogP contribution < -0.4 is 0 Å². The normalized spacial score (nSPS) is 12.5. The Kier molecular flexibility index (Phi) is 46.4. The standard InChI is InChI=1S/C54H94O6/c1-4-7-10-13-16-19-22-24-25-26-27-28-29-30-33-35-38-41-44-47-53(56)59-50-51(49-58-52(55)46-43-40-37-34-31-21-18-15-12-9-6-3)60-54(57)48-45-42-39-36-32-23-20-17-14-11-8-5-2/h8,11,15,17-18,20-21,31-32,36,51H,4-7,9-10,12-14,16,19,22-30,33-35,37-50H2,1-3H3/b11-8-,18-15-,20-17-,31-21-,36-32-. The first-order valence-corrected chi connectivity index (χ1v) is 25.3. The third-order valence-electron chi connectivity index (χ3n) is 10.8. The fourth-order valence-corrected chi connectivity index (χ4v) is 6.96. The molecule has 0 saturated heterocycles. The van der Waals surface area contributed by atoms with Crippen molar-refractivity contribution in [3.8, 4) is 0 Å². The van der Waals surface area contributed by atoms with Gasteiger partial charge in [-0.05, 0) is 70.6 Å². The Hall–Kier alpha value is -2.89. The summed E-state index contributed by atoms with van der Waals surface area (Å²) in [5.74, 6) is -0.963. The van der Waals surface area contributed by atoms with Gasteiger partial charge in [-0.15, -0.1) is 0 Å². The van der Waals surface area contributed by atoms with E-state index in [2.05, 4.69) is 81.5 Å². The van der Waals surface area contributed by atoms with E-state index in [4.69, 9.17) is 14.2 Å². The second kappa shape index (κ2) is 48.8. The molecule has 1 unspecified atom stereocenters. The molecule has 0 aliphatic heterocycles. The molecular weight excluding hydrogens is 745 g/mol. The van der Waals surface area contributed by atoms with E-state index in [9.17, 15) is 14.4 Å². The first kappa shape index (κ1) is 57.1. The lowest BCUT2D eigenvalue weighted by Gasteiger charge is -2.18. The van der Waals surface area contributed by atoms with Crippen molar-refractivity contribution in [2.24, 2.45) is 0 Å². The number of ether oxygens (including phenoxy) is 3. The second-order valence-corrected chi connectivity index (χ2v) is 16.7. The minimum atomic E-state index is -0.801. The Morgan fingerprint density at radius 3 is 1.20 bits per heavy atom. The van der Waals surface area contributed by atoms with Gasteiger partial charge in [0.15, 0.2) is 6.10 Å². The summed E-state index contributed by atoms with van der Waals surface area (Å²) >= 11 is 0. The topological polar surface area (TPSA) is 78.9 Å². The predicted octanol–water partition coefficient (Wildman–Crippen LogP) is 16.5. The fourth-order valence-electron chi connectivity index (χ4n) is 6.96. The Labute approximate surface area is 370 Å². The molecule has 0 amide bonds. The first-order valence-electron chi connectivity index (χ1n) is 25.3. The average molecular weight is 839 g/mol. The molecule has 0 radical (unpaired) electrons. The number of hydrogen-bond acceptors (Lipinski definition) is 6. The zero-order valence-corrected chi connectivity index (χ0v) is 39.5. The molecule has 1 atom stereocenters. The summed E-state index contributed by atoms with van der Waals surface area (Å²) in [6.07, 6.45) is 59.4. The van der Waals surface area contributed by atoms with Crippen molar-refractivity contribution >= 4 is 17.9 Å². The summed E-state index contributed by atoms with van der Waals surface area (Å²) in [4.78, 5) is 37.8. The summed E-state index contributed by atoms with van der Waals surface area (Å²) in [5.41, 5.74) is 0. The minimum Gasteiger partial charge on any atom is -0.462 e. The van der Waals surface area contributed by atoms with Crippen molar-refractivity contribution in [3.63, 3.8) is 0 Å². The molecule has 0 N–H and O–H groups in total. The zero-order chi connectivity index (χ0) is 43.7. The maximum Gasteiger partial charge on any atom is 0.306 e. The van der Waals surface area contributed by atoms with E-state index in [0.29, 0.717) is 19.3 Å². The van der Waals surface area contributed by atoms with Crippen LogP contribution in [0, 0.1) is 0 Å². The van der Waals surface area contributed by atoms with E-state index in [0.717, 1.165) is 83.5 Å². The summed E-state index contributed by atoms with van der Waals surface area (Å²) in [5, 5.41) is 0. The molecule has 60 heavy (non-hydrogen) atoms. The maximum absolute atomic E-state index is 12.7. The molecular formula is C54H94O6. The molecule has 0 aromatic heterocycles. The van der Waals surface area contributed by atoms with Crippen LogP contribution >= 0.6 is 0 Å². The smallest absolute Gasteiger partial charge is 0.306 e. The van der Waals surface area contributed by atoms with Crippen molar-refractivity contribution in [2.45, 2.75) is 252 Å². The molecule has 6 heteroatoms. The number of hydrogen-bond donors (Lipinski definition) is 0. The Morgan fingerprint density at radius 2 is 0.717 bits per heavy atom. The molecule has 0 aromatic carbocycles. The highest BCUT2D eigenvalue weighted by molar-refractivity contribution is 5.71. The third-order valence-corrected chi connectivity index (χ3v) is 10.8. The van der Waals surface area contributed by atoms with Crippen LogP contribution in [0.4, 0.5) is 0 Å². The van der Waals surface area contributed by atoms with Gasteiger partial charge < -0.3 is 14.2 Å². The lowest BCUT2D eigenvalue weighted by atomic mass is 10.0. The van der Waals surface area contributed by atoms with Crippen molar-refractivity contribution in [1.29, 1.82) is 0 Å². The van der Waals surface area contributed by atoms with Crippen LogP contribution in [0.3, 0.4) is 0 Å². The molecule has 0 fully saturated rings. The van der Waals surface area contributed by atoms with Crippen LogP contribution in [-0.4, -0.2) is 37.2 Å². The van der Waals surface area contributed by atoms with E-state index < -0.39 is 6.10 Å². The zero-order valence-electron chi connectivity index (χ0n) is 39.5. The molecule has 0 aromatic rings. The van der Waals surface area contributed by atoms with Crippen LogP contribution in [-0.2, 0) is 28.6 Å². The van der Waals surface area contributed by atoms with Crippen molar-refractivity contribution in [3.05, 3.63) is 60.8 Å². The van der Waals surface area contributed by atoms with E-state index in [1.165, 1.54) is 116 Å². The van der Waals surface area contributed by atoms with Gasteiger partial charge in [0.2, 0.25) is 0 Å². The molecule has 0 aliphatic rings. The van der Waals surface area contributed by atoms with Crippen molar-refractivity contribution in [2.75, 3.05) is 13.2 Å². The van der Waals surface area contributed by atoms with E-state index in [1.807, 2.05) is 0 Å². The highest BCUT2D eigenvalue weighted by Crippen LogP contribution is 2.16. The van der Waals surface area contributed by atoms with E-state index >= 15 is 0 Å². The Morgan fingerprint density at radius 1 is 0.367 bits per heavy atom. The third kappa shape index (κ3) is 46.2. The predicted molar refractivity (Wildman–Crippen MR) is 256 cm³/mol. The monoisotopic (exact) mass is 839 g/mol. The summed E-state index contributed by atoms with van der Waals surface area (Å²) in [6.45, 7) is 6.42. The van der Waals surface area contributed by atoms with Gasteiger partial charge in [0.05, 0.1) is 0 Å². The van der Waals surface area contributed by atoms with E-state index in [-0.39, 0.29) is 37.5 Å². The van der Waals surface area contributed by atoms with Gasteiger partial charge in [-0.2, -0.15) is 0 Å². The number of carbonyl (C=O) groups is 3. The van der Waals surface area contributed by atoms with E-state index in [1.54, 1.807) is 0 Å². The van der Waals surface area contributed by atoms with Gasteiger partial charge in [0.1, 0.15) is 13.2 Å². The highest BCUT2D eigenvalue weighted by Gasteiger charge is 2.19. The molecule has 0 aliphatic carbocycles. The first-order chi connectivity index (χ1) is 29.5. The molecule has 6 nitrogen and oxygen atoms in total. The Balaban J connectivity index is 4.34. The minimum absolute atomic E-state index is 0.0965. The molecule has 0 bridgehead atoms. The lowest BCUT2D eigenvalue weighted by Crippen LogP contribution is -2.30. The fraction of sp³-hybridized carbons (Fsp3) is 0.759. The van der Waals surface area contributed by atoms with Crippen LogP contribution in [0.1, 0.15) is 245 Å². The molecule has 346 valence electrons. The van der Waals surface area contributed by atoms with Crippen LogP contribution in [0.25, 0.3) is 0 Å². The largest absolute Gasteiger partial charge is 0.462 e. The number of unbranched alkanes of at least 4 members (excludes halogenated alkanes) is 25. The maximum atomic E-state index is 12.7. The second-order valence-electron chi connectivity index (χ2n) is 16.7. The van der Waals surface area contributed by atoms with Crippen molar-refractivity contribution in [1.82, 2.24) is 0 Å². The van der Waals surface area contributed by atoms with Gasteiger partial charge in [-0.1, -0.05) is 216 Å². The summed E-state index contributed by atoms with van der Waals surface area (Å²) < 4.78 is 16.7. The SMILES string of the molecule is CC/C=C\C/C=C\C/C=C\CCCCC(=O)OC(COC(=O)CCCCC/C=C\C=C/CCCC)COC(=O)CCCCCCCCCCCCCCCCCCCCC. The van der Waals surface area contributed by atoms with Gasteiger partial charge >= 0.3 is 17.9 Å². The van der Waals surface area contributed by atoms with Crippen LogP contribution in [0.2, 0.25) is 0 Å². The molecule has 0 rings (SSSR count). The lowest BCUT2D eigenvalue weighted by molar-refractivity contribution is -0.167. The van der Waals surface area contributed by atoms with Gasteiger partial charge in [0, 0.05) is 19.3 Å². The molecule has 0 saturated carbocycles. The molecule has 0 heterocycles. The van der Waals surface area contributed by atoms with Gasteiger partial charge in [-0.3, -0.25) is 14.4 Å². The summed E-state index contributed by atoms with van der Waals surface area (Å²) in [6, 6.07) is 0. The number of allylic oxidation sites excluding steroid dienone is 10.